The smallest absolute Gasteiger partial charge is 0.250 e. The second-order valence-electron chi connectivity index (χ2n) is 6.74. The Labute approximate surface area is 168 Å². The van der Waals surface area contributed by atoms with Gasteiger partial charge < -0.3 is 4.74 Å². The van der Waals surface area contributed by atoms with Crippen molar-refractivity contribution in [2.45, 2.75) is 13.8 Å². The molecule has 0 aromatic heterocycles. The lowest BCUT2D eigenvalue weighted by Crippen LogP contribution is -2.57. The largest absolute Gasteiger partial charge is 0.494 e. The molecule has 9 heteroatoms. The van der Waals surface area contributed by atoms with Gasteiger partial charge >= 0.3 is 0 Å². The highest BCUT2D eigenvalue weighted by molar-refractivity contribution is 6.96. The van der Waals surface area contributed by atoms with Crippen LogP contribution in [0.4, 0.5) is 30.7 Å². The van der Waals surface area contributed by atoms with Gasteiger partial charge in [-0.3, -0.25) is 0 Å². The molecule has 0 heterocycles. The predicted molar refractivity (Wildman–Crippen MR) is 99.7 cm³/mol. The van der Waals surface area contributed by atoms with Crippen LogP contribution in [0.15, 0.2) is 30.3 Å². The summed E-state index contributed by atoms with van der Waals surface area (Å²) in [6.07, 6.45) is 0. The summed E-state index contributed by atoms with van der Waals surface area (Å²) >= 11 is 0. The summed E-state index contributed by atoms with van der Waals surface area (Å²) in [5, 5.41) is 0. The summed E-state index contributed by atoms with van der Waals surface area (Å²) in [7, 11) is 1.01. The molecule has 0 amide bonds. The first kappa shape index (κ1) is 21.7. The van der Waals surface area contributed by atoms with Crippen molar-refractivity contribution in [3.05, 3.63) is 82.2 Å². The van der Waals surface area contributed by atoms with Gasteiger partial charge in [-0.15, -0.1) is 0 Å². The number of hydrogen-bond acceptors (Lipinski definition) is 1. The lowest BCUT2D eigenvalue weighted by atomic mass is 9.35. The van der Waals surface area contributed by atoms with E-state index >= 15 is 4.39 Å². The Balaban J connectivity index is 2.50. The third kappa shape index (κ3) is 3.64. The van der Waals surface area contributed by atoms with Gasteiger partial charge in [0.05, 0.1) is 7.11 Å². The molecule has 3 aromatic carbocycles. The zero-order valence-corrected chi connectivity index (χ0v) is 16.0. The third-order valence-electron chi connectivity index (χ3n) is 4.99. The van der Waals surface area contributed by atoms with Gasteiger partial charge in [0.15, 0.2) is 23.2 Å². The Morgan fingerprint density at radius 3 is 1.53 bits per heavy atom. The molecule has 0 aliphatic heterocycles. The van der Waals surface area contributed by atoms with E-state index < -0.39 is 58.6 Å². The normalized spacial score (nSPS) is 11.0. The van der Waals surface area contributed by atoms with Crippen molar-refractivity contribution in [2.24, 2.45) is 0 Å². The number of methoxy groups -OCH3 is 1. The van der Waals surface area contributed by atoms with E-state index in [0.717, 1.165) is 19.2 Å². The first-order valence-electron chi connectivity index (χ1n) is 8.69. The van der Waals surface area contributed by atoms with E-state index in [2.05, 4.69) is 0 Å². The third-order valence-corrected chi connectivity index (χ3v) is 4.99. The molecule has 0 saturated carbocycles. The predicted octanol–water partition coefficient (Wildman–Crippen LogP) is 3.80. The summed E-state index contributed by atoms with van der Waals surface area (Å²) in [6, 6.07) is 3.12. The molecule has 1 nitrogen and oxygen atoms in total. The van der Waals surface area contributed by atoms with Crippen LogP contribution in [0.1, 0.15) is 11.1 Å². The number of ether oxygens (including phenoxy) is 1. The van der Waals surface area contributed by atoms with Crippen LogP contribution >= 0.6 is 0 Å². The molecule has 0 aliphatic rings. The van der Waals surface area contributed by atoms with Gasteiger partial charge in [-0.05, 0) is 37.1 Å². The quantitative estimate of drug-likeness (QED) is 0.351. The highest BCUT2D eigenvalue weighted by Gasteiger charge is 2.35. The Bertz CT molecular complexity index is 1090. The van der Waals surface area contributed by atoms with Gasteiger partial charge in [-0.2, -0.15) is 0 Å². The van der Waals surface area contributed by atoms with Gasteiger partial charge in [-0.25, -0.2) is 30.7 Å². The Hall–Kier alpha value is -2.97. The fraction of sp³-hybridized carbons (Fsp3) is 0.143. The van der Waals surface area contributed by atoms with E-state index in [1.807, 2.05) is 0 Å². The molecule has 3 rings (SSSR count). The van der Waals surface area contributed by atoms with Crippen LogP contribution in [0, 0.1) is 54.6 Å². The lowest BCUT2D eigenvalue weighted by Gasteiger charge is -2.22. The fourth-order valence-electron chi connectivity index (χ4n) is 3.41. The highest BCUT2D eigenvalue weighted by Crippen LogP contribution is 2.21. The van der Waals surface area contributed by atoms with Gasteiger partial charge in [0, 0.05) is 23.7 Å². The van der Waals surface area contributed by atoms with Crippen LogP contribution in [0.25, 0.3) is 0 Å². The number of hydrogen-bond donors (Lipinski definition) is 0. The highest BCUT2D eigenvalue weighted by atomic mass is 19.2. The van der Waals surface area contributed by atoms with E-state index in [0.29, 0.717) is 18.2 Å². The first-order chi connectivity index (χ1) is 14.1. The zero-order valence-electron chi connectivity index (χ0n) is 16.0. The molecular weight excluding hydrogens is 412 g/mol. The van der Waals surface area contributed by atoms with Crippen LogP contribution in [0.2, 0.25) is 0 Å². The molecule has 3 aromatic rings. The van der Waals surface area contributed by atoms with Gasteiger partial charge in [0.25, 0.3) is 0 Å². The van der Waals surface area contributed by atoms with Crippen molar-refractivity contribution in [1.29, 1.82) is 0 Å². The minimum Gasteiger partial charge on any atom is -0.494 e. The van der Waals surface area contributed by atoms with Crippen LogP contribution in [0.3, 0.4) is 0 Å². The van der Waals surface area contributed by atoms with Crippen molar-refractivity contribution < 1.29 is 35.5 Å². The van der Waals surface area contributed by atoms with E-state index in [1.54, 1.807) is 0 Å². The van der Waals surface area contributed by atoms with Crippen molar-refractivity contribution in [3.8, 4) is 5.75 Å². The van der Waals surface area contributed by atoms with E-state index in [1.165, 1.54) is 13.8 Å². The summed E-state index contributed by atoms with van der Waals surface area (Å²) < 4.78 is 105. The van der Waals surface area contributed by atoms with Crippen LogP contribution in [-0.4, -0.2) is 13.8 Å². The Morgan fingerprint density at radius 1 is 0.633 bits per heavy atom. The molecule has 0 saturated heterocycles. The van der Waals surface area contributed by atoms with Crippen molar-refractivity contribution in [3.63, 3.8) is 0 Å². The standard InChI is InChI=1S/C21H14BF7O/c1-9-13(4-11(23)6-15(9)25)22(14-5-12(24)7-16(26)10(14)2)19-20(28)17(27)8-18(30-3)21(19)29/h4-8H,1-3H3. The molecule has 0 fully saturated rings. The average Bonchev–Trinajstić information content (AvgIpc) is 2.68. The number of benzene rings is 3. The molecule has 0 atom stereocenters. The molecule has 0 spiro atoms. The minimum absolute atomic E-state index is 0.229. The molecule has 0 N–H and O–H groups in total. The van der Waals surface area contributed by atoms with E-state index in [9.17, 15) is 26.3 Å². The topological polar surface area (TPSA) is 9.23 Å². The van der Waals surface area contributed by atoms with Crippen molar-refractivity contribution in [2.75, 3.05) is 7.11 Å². The molecule has 156 valence electrons. The number of halogens is 7. The second kappa shape index (κ2) is 8.05. The van der Waals surface area contributed by atoms with Crippen LogP contribution in [0.5, 0.6) is 5.75 Å². The van der Waals surface area contributed by atoms with Gasteiger partial charge in [0.2, 0.25) is 6.71 Å². The van der Waals surface area contributed by atoms with Gasteiger partial charge in [0.1, 0.15) is 23.3 Å². The average molecular weight is 426 g/mol. The molecule has 0 bridgehead atoms. The van der Waals surface area contributed by atoms with E-state index in [4.69, 9.17) is 4.74 Å². The van der Waals surface area contributed by atoms with E-state index in [-0.39, 0.29) is 22.1 Å². The summed E-state index contributed by atoms with van der Waals surface area (Å²) in [6.45, 7) is 0.632. The Morgan fingerprint density at radius 2 is 1.10 bits per heavy atom. The summed E-state index contributed by atoms with van der Waals surface area (Å²) in [4.78, 5) is 0. The second-order valence-corrected chi connectivity index (χ2v) is 6.74. The summed E-state index contributed by atoms with van der Waals surface area (Å²) in [5.41, 5.74) is -2.11. The molecule has 0 radical (unpaired) electrons. The monoisotopic (exact) mass is 426 g/mol. The molecular formula is C21H14BF7O. The zero-order chi connectivity index (χ0) is 22.3. The molecule has 0 unspecified atom stereocenters. The molecule has 0 aliphatic carbocycles. The maximum Gasteiger partial charge on any atom is 0.250 e. The van der Waals surface area contributed by atoms with Crippen LogP contribution in [-0.2, 0) is 0 Å². The first-order valence-corrected chi connectivity index (χ1v) is 8.69. The summed E-state index contributed by atoms with van der Waals surface area (Å²) in [5.74, 6) is -9.49. The molecule has 30 heavy (non-hydrogen) atoms. The lowest BCUT2D eigenvalue weighted by molar-refractivity contribution is 0.379. The maximum atomic E-state index is 15.1. The van der Waals surface area contributed by atoms with Crippen LogP contribution < -0.4 is 21.1 Å². The SMILES string of the molecule is COc1cc(F)c(F)c(B(c2cc(F)cc(F)c2C)c2cc(F)cc(F)c2C)c1F. The number of rotatable bonds is 4. The van der Waals surface area contributed by atoms with Crippen molar-refractivity contribution >= 4 is 23.1 Å². The maximum absolute atomic E-state index is 15.1. The fourth-order valence-corrected chi connectivity index (χ4v) is 3.41. The van der Waals surface area contributed by atoms with Gasteiger partial charge in [-0.1, -0.05) is 10.9 Å². The minimum atomic E-state index is -1.77. The Kier molecular flexibility index (Phi) is 5.83. The van der Waals surface area contributed by atoms with Crippen molar-refractivity contribution in [1.82, 2.24) is 0 Å².